The smallest absolute Gasteiger partial charge is 0.191 e. The maximum atomic E-state index is 6.12. The number of guanidine groups is 1. The third-order valence-corrected chi connectivity index (χ3v) is 5.62. The fourth-order valence-electron chi connectivity index (χ4n) is 3.04. The van der Waals surface area contributed by atoms with Crippen LogP contribution in [0.25, 0.3) is 0 Å². The molecule has 2 heterocycles. The van der Waals surface area contributed by atoms with Gasteiger partial charge in [-0.25, -0.2) is 9.98 Å². The third kappa shape index (κ3) is 5.11. The third-order valence-electron chi connectivity index (χ3n) is 4.35. The molecule has 1 aromatic heterocycles. The monoisotopic (exact) mass is 391 g/mol. The van der Waals surface area contributed by atoms with Crippen molar-refractivity contribution in [1.29, 1.82) is 0 Å². The van der Waals surface area contributed by atoms with Crippen LogP contribution < -0.4 is 15.5 Å². The van der Waals surface area contributed by atoms with E-state index in [1.165, 1.54) is 10.7 Å². The predicted molar refractivity (Wildman–Crippen MR) is 112 cm³/mol. The number of hydrogen-bond donors (Lipinski definition) is 2. The second kappa shape index (κ2) is 9.24. The lowest BCUT2D eigenvalue weighted by Gasteiger charge is -2.20. The highest BCUT2D eigenvalue weighted by Gasteiger charge is 2.23. The van der Waals surface area contributed by atoms with Gasteiger partial charge in [0.2, 0.25) is 0 Å². The van der Waals surface area contributed by atoms with Crippen LogP contribution >= 0.6 is 22.9 Å². The van der Waals surface area contributed by atoms with Crippen molar-refractivity contribution in [1.82, 2.24) is 15.6 Å². The SMILES string of the molecule is CCNC(=NCc1csc(CC)n1)NC1CCN(c2cccc(Cl)c2)C1. The number of benzene rings is 1. The van der Waals surface area contributed by atoms with Crippen molar-refractivity contribution in [2.75, 3.05) is 24.5 Å². The highest BCUT2D eigenvalue weighted by Crippen LogP contribution is 2.23. The maximum absolute atomic E-state index is 6.12. The molecule has 1 atom stereocenters. The van der Waals surface area contributed by atoms with Crippen molar-refractivity contribution in [2.24, 2.45) is 4.99 Å². The summed E-state index contributed by atoms with van der Waals surface area (Å²) in [6, 6.07) is 8.42. The first-order valence-electron chi connectivity index (χ1n) is 9.16. The van der Waals surface area contributed by atoms with E-state index in [0.717, 1.165) is 49.2 Å². The van der Waals surface area contributed by atoms with Crippen molar-refractivity contribution >= 4 is 34.6 Å². The molecule has 1 aliphatic rings. The molecule has 26 heavy (non-hydrogen) atoms. The fraction of sp³-hybridized carbons (Fsp3) is 0.474. The summed E-state index contributed by atoms with van der Waals surface area (Å²) in [4.78, 5) is 11.7. The van der Waals surface area contributed by atoms with E-state index in [0.29, 0.717) is 12.6 Å². The van der Waals surface area contributed by atoms with Crippen LogP contribution in [0.2, 0.25) is 5.02 Å². The summed E-state index contributed by atoms with van der Waals surface area (Å²) < 4.78 is 0. The van der Waals surface area contributed by atoms with Crippen LogP contribution in [-0.2, 0) is 13.0 Å². The average Bonchev–Trinajstić information content (AvgIpc) is 3.29. The molecule has 1 unspecified atom stereocenters. The van der Waals surface area contributed by atoms with Crippen LogP contribution in [-0.4, -0.2) is 36.6 Å². The first kappa shape index (κ1) is 19.0. The standard InChI is InChI=1S/C19H26ClN5S/c1-3-18-23-16(13-26-18)11-22-19(21-4-2)24-15-8-9-25(12-15)17-7-5-6-14(20)10-17/h5-7,10,13,15H,3-4,8-9,11-12H2,1-2H3,(H2,21,22,24). The summed E-state index contributed by atoms with van der Waals surface area (Å²) in [5.74, 6) is 0.858. The Morgan fingerprint density at radius 1 is 1.42 bits per heavy atom. The summed E-state index contributed by atoms with van der Waals surface area (Å²) in [6.07, 6.45) is 2.06. The normalized spacial score (nSPS) is 17.6. The molecule has 140 valence electrons. The maximum Gasteiger partial charge on any atom is 0.191 e. The minimum Gasteiger partial charge on any atom is -0.369 e. The van der Waals surface area contributed by atoms with E-state index in [-0.39, 0.29) is 0 Å². The predicted octanol–water partition coefficient (Wildman–Crippen LogP) is 3.69. The van der Waals surface area contributed by atoms with Crippen molar-refractivity contribution in [3.05, 3.63) is 45.4 Å². The van der Waals surface area contributed by atoms with Crippen molar-refractivity contribution in [3.63, 3.8) is 0 Å². The van der Waals surface area contributed by atoms with E-state index < -0.39 is 0 Å². The zero-order chi connectivity index (χ0) is 18.4. The fourth-order valence-corrected chi connectivity index (χ4v) is 3.96. The first-order chi connectivity index (χ1) is 12.7. The van der Waals surface area contributed by atoms with Gasteiger partial charge in [0.05, 0.1) is 17.2 Å². The number of halogens is 1. The zero-order valence-corrected chi connectivity index (χ0v) is 16.9. The summed E-state index contributed by atoms with van der Waals surface area (Å²) in [6.45, 7) is 7.63. The van der Waals surface area contributed by atoms with Gasteiger partial charge in [0.1, 0.15) is 0 Å². The summed E-state index contributed by atoms with van der Waals surface area (Å²) in [5, 5.41) is 10.9. The molecule has 0 bridgehead atoms. The first-order valence-corrected chi connectivity index (χ1v) is 10.4. The van der Waals surface area contributed by atoms with E-state index in [2.05, 4.69) is 45.8 Å². The van der Waals surface area contributed by atoms with Gasteiger partial charge in [-0.2, -0.15) is 0 Å². The molecule has 0 amide bonds. The zero-order valence-electron chi connectivity index (χ0n) is 15.3. The van der Waals surface area contributed by atoms with E-state index in [9.17, 15) is 0 Å². The number of thiazole rings is 1. The summed E-state index contributed by atoms with van der Waals surface area (Å²) in [7, 11) is 0. The molecule has 0 aliphatic carbocycles. The molecule has 7 heteroatoms. The molecule has 3 rings (SSSR count). The average molecular weight is 392 g/mol. The molecule has 0 saturated carbocycles. The Morgan fingerprint density at radius 2 is 2.31 bits per heavy atom. The minimum absolute atomic E-state index is 0.369. The van der Waals surface area contributed by atoms with E-state index in [1.807, 2.05) is 18.2 Å². The van der Waals surface area contributed by atoms with E-state index in [1.54, 1.807) is 11.3 Å². The summed E-state index contributed by atoms with van der Waals surface area (Å²) in [5.41, 5.74) is 2.22. The molecule has 2 N–H and O–H groups in total. The highest BCUT2D eigenvalue weighted by atomic mass is 35.5. The van der Waals surface area contributed by atoms with Gasteiger partial charge in [-0.15, -0.1) is 11.3 Å². The summed E-state index contributed by atoms with van der Waals surface area (Å²) >= 11 is 7.83. The van der Waals surface area contributed by atoms with Gasteiger partial charge in [0.15, 0.2) is 5.96 Å². The minimum atomic E-state index is 0.369. The van der Waals surface area contributed by atoms with Crippen molar-refractivity contribution in [2.45, 2.75) is 39.3 Å². The number of nitrogens with one attached hydrogen (secondary N) is 2. The van der Waals surface area contributed by atoms with E-state index >= 15 is 0 Å². The molecular weight excluding hydrogens is 366 g/mol. The van der Waals surface area contributed by atoms with Crippen LogP contribution in [0, 0.1) is 0 Å². The van der Waals surface area contributed by atoms with Crippen LogP contribution in [0.1, 0.15) is 31.0 Å². The quantitative estimate of drug-likeness (QED) is 0.582. The highest BCUT2D eigenvalue weighted by molar-refractivity contribution is 7.09. The lowest BCUT2D eigenvalue weighted by molar-refractivity contribution is 0.649. The van der Waals surface area contributed by atoms with Gasteiger partial charge >= 0.3 is 0 Å². The van der Waals surface area contributed by atoms with Crippen LogP contribution in [0.15, 0.2) is 34.6 Å². The number of rotatable bonds is 6. The number of aliphatic imine (C=N–C) groups is 1. The number of aromatic nitrogens is 1. The number of hydrogen-bond acceptors (Lipinski definition) is 4. The Hall–Kier alpha value is -1.79. The molecule has 0 spiro atoms. The lowest BCUT2D eigenvalue weighted by atomic mass is 10.2. The van der Waals surface area contributed by atoms with Crippen LogP contribution in [0.3, 0.4) is 0 Å². The molecule has 5 nitrogen and oxygen atoms in total. The van der Waals surface area contributed by atoms with Crippen molar-refractivity contribution < 1.29 is 0 Å². The van der Waals surface area contributed by atoms with Gasteiger partial charge in [-0.05, 0) is 38.0 Å². The molecule has 1 fully saturated rings. The molecule has 0 radical (unpaired) electrons. The van der Waals surface area contributed by atoms with Gasteiger partial charge in [0, 0.05) is 41.8 Å². The van der Waals surface area contributed by atoms with Crippen LogP contribution in [0.4, 0.5) is 5.69 Å². The second-order valence-corrected chi connectivity index (χ2v) is 7.72. The van der Waals surface area contributed by atoms with Crippen molar-refractivity contribution in [3.8, 4) is 0 Å². The number of aryl methyl sites for hydroxylation is 1. The molecule has 1 aliphatic heterocycles. The molecule has 1 saturated heterocycles. The molecule has 2 aromatic rings. The van der Waals surface area contributed by atoms with Gasteiger partial charge in [-0.3, -0.25) is 0 Å². The van der Waals surface area contributed by atoms with Gasteiger partial charge < -0.3 is 15.5 Å². The Labute approximate surface area is 164 Å². The Balaban J connectivity index is 1.58. The lowest BCUT2D eigenvalue weighted by Crippen LogP contribution is -2.44. The second-order valence-electron chi connectivity index (χ2n) is 6.34. The number of anilines is 1. The van der Waals surface area contributed by atoms with Gasteiger partial charge in [-0.1, -0.05) is 24.6 Å². The van der Waals surface area contributed by atoms with Crippen LogP contribution in [0.5, 0.6) is 0 Å². The number of nitrogens with zero attached hydrogens (tertiary/aromatic N) is 3. The Bertz CT molecular complexity index is 745. The Kier molecular flexibility index (Phi) is 6.74. The topological polar surface area (TPSA) is 52.6 Å². The molecular formula is C19H26ClN5S. The Morgan fingerprint density at radius 3 is 3.04 bits per heavy atom. The molecule has 1 aromatic carbocycles. The van der Waals surface area contributed by atoms with E-state index in [4.69, 9.17) is 16.6 Å². The van der Waals surface area contributed by atoms with Gasteiger partial charge in [0.25, 0.3) is 0 Å². The largest absolute Gasteiger partial charge is 0.369 e.